The minimum Gasteiger partial charge on any atom is -0.372 e. The Kier molecular flexibility index (Phi) is 7.86. The molecule has 1 saturated carbocycles. The molecule has 1 aromatic carbocycles. The van der Waals surface area contributed by atoms with Crippen molar-refractivity contribution in [2.75, 3.05) is 18.4 Å². The molecule has 2 atom stereocenters. The lowest BCUT2D eigenvalue weighted by Gasteiger charge is -2.35. The van der Waals surface area contributed by atoms with E-state index in [-0.39, 0.29) is 36.0 Å². The van der Waals surface area contributed by atoms with Crippen molar-refractivity contribution in [1.29, 1.82) is 0 Å². The molecule has 1 aromatic rings. The Morgan fingerprint density at radius 3 is 2.21 bits per heavy atom. The molecule has 0 spiro atoms. The van der Waals surface area contributed by atoms with E-state index in [0.29, 0.717) is 50.0 Å². The predicted octanol–water partition coefficient (Wildman–Crippen LogP) is 3.15. The van der Waals surface area contributed by atoms with Gasteiger partial charge in [-0.25, -0.2) is 13.1 Å². The molecule has 3 rings (SSSR count). The zero-order valence-electron chi connectivity index (χ0n) is 20.3. The number of benzene rings is 1. The highest BCUT2D eigenvalue weighted by Crippen LogP contribution is 2.28. The largest absolute Gasteiger partial charge is 0.372 e. The number of amides is 2. The Morgan fingerprint density at radius 2 is 1.64 bits per heavy atom. The molecule has 0 radical (unpaired) electrons. The molecule has 1 aliphatic heterocycles. The van der Waals surface area contributed by atoms with Gasteiger partial charge < -0.3 is 15.0 Å². The third-order valence-corrected chi connectivity index (χ3v) is 8.57. The predicted molar refractivity (Wildman–Crippen MR) is 129 cm³/mol. The van der Waals surface area contributed by atoms with Crippen LogP contribution in [0.3, 0.4) is 0 Å². The lowest BCUT2D eigenvalue weighted by atomic mass is 9.86. The Balaban J connectivity index is 1.56. The van der Waals surface area contributed by atoms with Gasteiger partial charge in [0.05, 0.1) is 17.0 Å². The van der Waals surface area contributed by atoms with Crippen LogP contribution in [-0.4, -0.2) is 61.2 Å². The number of rotatable bonds is 5. The van der Waals surface area contributed by atoms with Crippen molar-refractivity contribution in [2.24, 2.45) is 5.92 Å². The van der Waals surface area contributed by atoms with Crippen LogP contribution >= 0.6 is 0 Å². The first-order chi connectivity index (χ1) is 15.4. The summed E-state index contributed by atoms with van der Waals surface area (Å²) in [5.41, 5.74) is 1.13. The van der Waals surface area contributed by atoms with Crippen LogP contribution < -0.4 is 10.0 Å². The van der Waals surface area contributed by atoms with Crippen LogP contribution in [0.4, 0.5) is 5.69 Å². The number of morpholine rings is 1. The zero-order valence-corrected chi connectivity index (χ0v) is 21.1. The van der Waals surface area contributed by atoms with Crippen molar-refractivity contribution in [3.63, 3.8) is 0 Å². The van der Waals surface area contributed by atoms with Gasteiger partial charge in [-0.05, 0) is 78.5 Å². The molecule has 9 heteroatoms. The fourth-order valence-electron chi connectivity index (χ4n) is 4.37. The second kappa shape index (κ2) is 10.1. The molecule has 2 fully saturated rings. The zero-order chi connectivity index (χ0) is 24.4. The number of hydrogen-bond donors (Lipinski definition) is 2. The second-order valence-electron chi connectivity index (χ2n) is 10.3. The summed E-state index contributed by atoms with van der Waals surface area (Å²) in [6.07, 6.45) is 2.46. The quantitative estimate of drug-likeness (QED) is 0.675. The monoisotopic (exact) mass is 479 g/mol. The molecular weight excluding hydrogens is 442 g/mol. The number of anilines is 1. The van der Waals surface area contributed by atoms with Gasteiger partial charge in [-0.15, -0.1) is 0 Å². The summed E-state index contributed by atoms with van der Waals surface area (Å²) >= 11 is 0. The lowest BCUT2D eigenvalue weighted by Crippen LogP contribution is -2.48. The highest BCUT2D eigenvalue weighted by molar-refractivity contribution is 7.90. The SMILES string of the molecule is C[C@@H]1CN(C(=O)c2cccc(NC(=O)[C@H]3CC[C@H](NS(=O)(=O)C(C)(C)C)CC3)c2)C[C@H](C)O1. The molecule has 2 amide bonds. The van der Waals surface area contributed by atoms with E-state index in [1.54, 1.807) is 49.9 Å². The molecule has 0 unspecified atom stereocenters. The van der Waals surface area contributed by atoms with E-state index in [1.807, 2.05) is 13.8 Å². The van der Waals surface area contributed by atoms with Crippen molar-refractivity contribution < 1.29 is 22.7 Å². The van der Waals surface area contributed by atoms with Crippen molar-refractivity contribution in [1.82, 2.24) is 9.62 Å². The Hall–Kier alpha value is -1.97. The van der Waals surface area contributed by atoms with E-state index in [1.165, 1.54) is 0 Å². The average molecular weight is 480 g/mol. The van der Waals surface area contributed by atoms with Gasteiger partial charge in [0, 0.05) is 36.3 Å². The van der Waals surface area contributed by atoms with E-state index < -0.39 is 14.8 Å². The summed E-state index contributed by atoms with van der Waals surface area (Å²) in [6.45, 7) is 10.0. The van der Waals surface area contributed by atoms with Crippen LogP contribution in [0.25, 0.3) is 0 Å². The number of sulfonamides is 1. The fourth-order valence-corrected chi connectivity index (χ4v) is 5.40. The average Bonchev–Trinajstić information content (AvgIpc) is 2.72. The van der Waals surface area contributed by atoms with Crippen LogP contribution in [0.15, 0.2) is 24.3 Å². The highest BCUT2D eigenvalue weighted by Gasteiger charge is 2.34. The Bertz CT molecular complexity index is 955. The summed E-state index contributed by atoms with van der Waals surface area (Å²) < 4.78 is 32.4. The Labute approximate surface area is 197 Å². The van der Waals surface area contributed by atoms with E-state index >= 15 is 0 Å². The lowest BCUT2D eigenvalue weighted by molar-refractivity contribution is -0.120. The smallest absolute Gasteiger partial charge is 0.254 e. The molecule has 1 saturated heterocycles. The second-order valence-corrected chi connectivity index (χ2v) is 12.8. The molecule has 184 valence electrons. The Morgan fingerprint density at radius 1 is 1.03 bits per heavy atom. The molecule has 33 heavy (non-hydrogen) atoms. The van der Waals surface area contributed by atoms with Gasteiger partial charge in [-0.3, -0.25) is 9.59 Å². The molecule has 0 aromatic heterocycles. The van der Waals surface area contributed by atoms with E-state index in [9.17, 15) is 18.0 Å². The first-order valence-electron chi connectivity index (χ1n) is 11.7. The number of hydrogen-bond acceptors (Lipinski definition) is 5. The summed E-state index contributed by atoms with van der Waals surface area (Å²) in [7, 11) is -3.41. The van der Waals surface area contributed by atoms with Gasteiger partial charge in [0.1, 0.15) is 0 Å². The standard InChI is InChI=1S/C24H37N3O5S/c1-16-14-27(15-17(2)32-16)23(29)19-7-6-8-21(13-19)25-22(28)18-9-11-20(12-10-18)26-33(30,31)24(3,4)5/h6-8,13,16-18,20,26H,9-12,14-15H2,1-5H3,(H,25,28)/t16-,17+,18-,20-. The molecular formula is C24H37N3O5S. The van der Waals surface area contributed by atoms with Gasteiger partial charge in [0.25, 0.3) is 5.91 Å². The van der Waals surface area contributed by atoms with Gasteiger partial charge in [0.15, 0.2) is 0 Å². The summed E-state index contributed by atoms with van der Waals surface area (Å²) in [6, 6.07) is 6.89. The fraction of sp³-hybridized carbons (Fsp3) is 0.667. The van der Waals surface area contributed by atoms with Crippen molar-refractivity contribution in [3.8, 4) is 0 Å². The molecule has 8 nitrogen and oxygen atoms in total. The highest BCUT2D eigenvalue weighted by atomic mass is 32.2. The first-order valence-corrected chi connectivity index (χ1v) is 13.2. The van der Waals surface area contributed by atoms with Crippen LogP contribution in [-0.2, 0) is 19.6 Å². The summed E-state index contributed by atoms with van der Waals surface area (Å²) in [5.74, 6) is -0.342. The minimum atomic E-state index is -3.41. The first kappa shape index (κ1) is 25.6. The number of ether oxygens (including phenoxy) is 1. The summed E-state index contributed by atoms with van der Waals surface area (Å²) in [5, 5.41) is 2.94. The molecule has 1 aliphatic carbocycles. The maximum Gasteiger partial charge on any atom is 0.254 e. The van der Waals surface area contributed by atoms with Gasteiger partial charge in [-0.2, -0.15) is 0 Å². The maximum absolute atomic E-state index is 13.0. The number of carbonyl (C=O) groups is 2. The van der Waals surface area contributed by atoms with Gasteiger partial charge >= 0.3 is 0 Å². The summed E-state index contributed by atoms with van der Waals surface area (Å²) in [4.78, 5) is 27.6. The van der Waals surface area contributed by atoms with Gasteiger partial charge in [-0.1, -0.05) is 6.07 Å². The third kappa shape index (κ3) is 6.55. The van der Waals surface area contributed by atoms with Crippen LogP contribution in [0.2, 0.25) is 0 Å². The van der Waals surface area contributed by atoms with Crippen LogP contribution in [0, 0.1) is 5.92 Å². The van der Waals surface area contributed by atoms with Crippen LogP contribution in [0.5, 0.6) is 0 Å². The number of nitrogens with zero attached hydrogens (tertiary/aromatic N) is 1. The molecule has 0 bridgehead atoms. The number of nitrogens with one attached hydrogen (secondary N) is 2. The van der Waals surface area contributed by atoms with E-state index in [2.05, 4.69) is 10.0 Å². The number of carbonyl (C=O) groups excluding carboxylic acids is 2. The normalized spacial score (nSPS) is 26.6. The molecule has 2 aliphatic rings. The van der Waals surface area contributed by atoms with E-state index in [4.69, 9.17) is 4.74 Å². The minimum absolute atomic E-state index is 0.0106. The van der Waals surface area contributed by atoms with E-state index in [0.717, 1.165) is 0 Å². The third-order valence-electron chi connectivity index (χ3n) is 6.31. The van der Waals surface area contributed by atoms with Gasteiger partial charge in [0.2, 0.25) is 15.9 Å². The molecule has 2 N–H and O–H groups in total. The van der Waals surface area contributed by atoms with Crippen molar-refractivity contribution in [2.45, 2.75) is 83.3 Å². The van der Waals surface area contributed by atoms with Crippen LogP contribution in [0.1, 0.15) is 70.7 Å². The van der Waals surface area contributed by atoms with Crippen molar-refractivity contribution >= 4 is 27.5 Å². The maximum atomic E-state index is 13.0. The van der Waals surface area contributed by atoms with Crippen molar-refractivity contribution in [3.05, 3.63) is 29.8 Å². The topological polar surface area (TPSA) is 105 Å². The molecule has 1 heterocycles.